The first kappa shape index (κ1) is 21.0. The summed E-state index contributed by atoms with van der Waals surface area (Å²) < 4.78 is 2.39. The van der Waals surface area contributed by atoms with Crippen molar-refractivity contribution in [3.8, 4) is 27.9 Å². The van der Waals surface area contributed by atoms with Gasteiger partial charge in [0.2, 0.25) is 0 Å². The molecule has 0 unspecified atom stereocenters. The van der Waals surface area contributed by atoms with Crippen LogP contribution in [0.4, 0.5) is 0 Å². The van der Waals surface area contributed by atoms with Gasteiger partial charge < -0.3 is 4.57 Å². The molecule has 178 valence electrons. The lowest BCUT2D eigenvalue weighted by Crippen LogP contribution is -2.28. The van der Waals surface area contributed by atoms with E-state index in [1.165, 1.54) is 81.9 Å². The number of hydrogen-bond donors (Lipinski definition) is 0. The number of para-hydroxylation sites is 2. The minimum atomic E-state index is 0.198. The smallest absolute Gasteiger partial charge is 0.0541 e. The van der Waals surface area contributed by atoms with Crippen LogP contribution < -0.4 is 0 Å². The quantitative estimate of drug-likeness (QED) is 0.235. The molecule has 5 aromatic carbocycles. The highest BCUT2D eigenvalue weighted by Gasteiger charge is 2.43. The summed E-state index contributed by atoms with van der Waals surface area (Å²) in [5.74, 6) is 0. The molecule has 0 saturated heterocycles. The first-order valence-corrected chi connectivity index (χ1v) is 13.7. The zero-order valence-electron chi connectivity index (χ0n) is 21.0. The third kappa shape index (κ3) is 2.98. The zero-order chi connectivity index (χ0) is 24.4. The van der Waals surface area contributed by atoms with Gasteiger partial charge in [-0.1, -0.05) is 104 Å². The van der Waals surface area contributed by atoms with Crippen LogP contribution in [0.5, 0.6) is 0 Å². The highest BCUT2D eigenvalue weighted by molar-refractivity contribution is 6.09. The van der Waals surface area contributed by atoms with Crippen molar-refractivity contribution in [3.05, 3.63) is 126 Å². The molecular formula is C36H29N. The molecular weight excluding hydrogens is 446 g/mol. The molecule has 2 aliphatic rings. The molecule has 0 radical (unpaired) electrons. The topological polar surface area (TPSA) is 4.93 Å². The van der Waals surface area contributed by atoms with Gasteiger partial charge in [0, 0.05) is 21.9 Å². The van der Waals surface area contributed by atoms with Gasteiger partial charge in [0.1, 0.15) is 0 Å². The number of benzene rings is 5. The fraction of sp³-hybridized carbons (Fsp3) is 0.167. The maximum absolute atomic E-state index is 2.51. The van der Waals surface area contributed by atoms with Crippen LogP contribution in [-0.4, -0.2) is 4.57 Å². The predicted octanol–water partition coefficient (Wildman–Crippen LogP) is 9.68. The van der Waals surface area contributed by atoms with Crippen LogP contribution >= 0.6 is 0 Å². The van der Waals surface area contributed by atoms with E-state index < -0.39 is 0 Å². The van der Waals surface area contributed by atoms with Crippen LogP contribution in [0.25, 0.3) is 49.7 Å². The first-order valence-electron chi connectivity index (χ1n) is 13.7. The van der Waals surface area contributed by atoms with E-state index in [0.29, 0.717) is 0 Å². The van der Waals surface area contributed by atoms with Crippen LogP contribution in [0.2, 0.25) is 0 Å². The Hall–Kier alpha value is -4.10. The molecule has 8 rings (SSSR count). The van der Waals surface area contributed by atoms with Crippen molar-refractivity contribution in [2.45, 2.75) is 37.5 Å². The van der Waals surface area contributed by atoms with Gasteiger partial charge in [0.05, 0.1) is 11.0 Å². The SMILES string of the molecule is c1ccc2c(c1)-c1ccc(-c3ccc(-n4c5ccccc5c5ccccc54)cc3)cc1C21CCCCC1. The Kier molecular flexibility index (Phi) is 4.52. The minimum Gasteiger partial charge on any atom is -0.309 e. The van der Waals surface area contributed by atoms with Crippen molar-refractivity contribution in [2.75, 3.05) is 0 Å². The molecule has 0 atom stereocenters. The molecule has 0 bridgehead atoms. The number of aromatic nitrogens is 1. The Morgan fingerprint density at radius 1 is 0.486 bits per heavy atom. The monoisotopic (exact) mass is 475 g/mol. The largest absolute Gasteiger partial charge is 0.309 e. The molecule has 1 saturated carbocycles. The van der Waals surface area contributed by atoms with E-state index in [2.05, 4.69) is 120 Å². The number of nitrogens with zero attached hydrogens (tertiary/aromatic N) is 1. The summed E-state index contributed by atoms with van der Waals surface area (Å²) in [6.45, 7) is 0. The maximum atomic E-state index is 2.51. The highest BCUT2D eigenvalue weighted by atomic mass is 15.0. The van der Waals surface area contributed by atoms with E-state index in [-0.39, 0.29) is 5.41 Å². The Balaban J connectivity index is 1.24. The van der Waals surface area contributed by atoms with Crippen molar-refractivity contribution in [2.24, 2.45) is 0 Å². The molecule has 6 aromatic rings. The Morgan fingerprint density at radius 3 is 1.81 bits per heavy atom. The van der Waals surface area contributed by atoms with Gasteiger partial charge in [-0.25, -0.2) is 0 Å². The first-order chi connectivity index (χ1) is 18.3. The summed E-state index contributed by atoms with van der Waals surface area (Å²) in [5.41, 5.74) is 12.5. The fourth-order valence-corrected chi connectivity index (χ4v) is 7.33. The maximum Gasteiger partial charge on any atom is 0.0541 e. The summed E-state index contributed by atoms with van der Waals surface area (Å²) in [6.07, 6.45) is 6.56. The Labute approximate surface area is 218 Å². The van der Waals surface area contributed by atoms with Crippen molar-refractivity contribution in [1.29, 1.82) is 0 Å². The van der Waals surface area contributed by atoms with Crippen LogP contribution in [0.3, 0.4) is 0 Å². The van der Waals surface area contributed by atoms with E-state index in [9.17, 15) is 0 Å². The van der Waals surface area contributed by atoms with E-state index in [0.717, 1.165) is 0 Å². The predicted molar refractivity (Wildman–Crippen MR) is 156 cm³/mol. The molecule has 1 spiro atoms. The molecule has 1 nitrogen and oxygen atoms in total. The van der Waals surface area contributed by atoms with Gasteiger partial charge in [-0.15, -0.1) is 0 Å². The van der Waals surface area contributed by atoms with Gasteiger partial charge in [-0.05, 0) is 76.6 Å². The van der Waals surface area contributed by atoms with Gasteiger partial charge in [-0.3, -0.25) is 0 Å². The second-order valence-electron chi connectivity index (χ2n) is 10.9. The average molecular weight is 476 g/mol. The van der Waals surface area contributed by atoms with Gasteiger partial charge in [0.15, 0.2) is 0 Å². The summed E-state index contributed by atoms with van der Waals surface area (Å²) in [7, 11) is 0. The lowest BCUT2D eigenvalue weighted by Gasteiger charge is -2.36. The summed E-state index contributed by atoms with van der Waals surface area (Å²) >= 11 is 0. The van der Waals surface area contributed by atoms with Crippen molar-refractivity contribution < 1.29 is 0 Å². The minimum absolute atomic E-state index is 0.198. The molecule has 2 aliphatic carbocycles. The summed E-state index contributed by atoms with van der Waals surface area (Å²) in [5, 5.41) is 2.61. The van der Waals surface area contributed by atoms with Crippen LogP contribution in [0.1, 0.15) is 43.2 Å². The van der Waals surface area contributed by atoms with Crippen LogP contribution in [0.15, 0.2) is 115 Å². The lowest BCUT2D eigenvalue weighted by molar-refractivity contribution is 0.353. The van der Waals surface area contributed by atoms with E-state index in [1.54, 1.807) is 11.1 Å². The van der Waals surface area contributed by atoms with Gasteiger partial charge in [-0.2, -0.15) is 0 Å². The summed E-state index contributed by atoms with van der Waals surface area (Å²) in [6, 6.07) is 43.0. The third-order valence-electron chi connectivity index (χ3n) is 9.01. The van der Waals surface area contributed by atoms with Crippen molar-refractivity contribution in [3.63, 3.8) is 0 Å². The van der Waals surface area contributed by atoms with Crippen molar-refractivity contribution >= 4 is 21.8 Å². The Bertz CT molecular complexity index is 1740. The van der Waals surface area contributed by atoms with E-state index in [1.807, 2.05) is 0 Å². The number of rotatable bonds is 2. The second-order valence-corrected chi connectivity index (χ2v) is 10.9. The molecule has 1 heteroatoms. The molecule has 0 amide bonds. The standard InChI is InChI=1S/C36H29N/c1-8-22-36(23-9-1)32-13-5-2-10-28(32)29-21-18-26(24-33(29)36)25-16-19-27(20-17-25)37-34-14-6-3-11-30(34)31-12-4-7-15-35(31)37/h2-7,10-21,24H,1,8-9,22-23H2. The molecule has 1 fully saturated rings. The third-order valence-corrected chi connectivity index (χ3v) is 9.01. The Morgan fingerprint density at radius 2 is 1.08 bits per heavy atom. The number of fused-ring (bicyclic) bond motifs is 8. The normalized spacial score (nSPS) is 15.8. The molecule has 1 heterocycles. The van der Waals surface area contributed by atoms with Gasteiger partial charge >= 0.3 is 0 Å². The molecule has 37 heavy (non-hydrogen) atoms. The average Bonchev–Trinajstić information content (AvgIpc) is 3.44. The number of hydrogen-bond acceptors (Lipinski definition) is 0. The lowest BCUT2D eigenvalue weighted by atomic mass is 9.67. The zero-order valence-corrected chi connectivity index (χ0v) is 21.0. The van der Waals surface area contributed by atoms with Crippen LogP contribution in [0, 0.1) is 0 Å². The molecule has 0 N–H and O–H groups in total. The van der Waals surface area contributed by atoms with Crippen molar-refractivity contribution in [1.82, 2.24) is 4.57 Å². The van der Waals surface area contributed by atoms with Crippen LogP contribution in [-0.2, 0) is 5.41 Å². The van der Waals surface area contributed by atoms with Gasteiger partial charge in [0.25, 0.3) is 0 Å². The van der Waals surface area contributed by atoms with E-state index in [4.69, 9.17) is 0 Å². The molecule has 1 aromatic heterocycles. The summed E-state index contributed by atoms with van der Waals surface area (Å²) in [4.78, 5) is 0. The highest BCUT2D eigenvalue weighted by Crippen LogP contribution is 2.56. The second kappa shape index (κ2) is 7.95. The fourth-order valence-electron chi connectivity index (χ4n) is 7.33. The van der Waals surface area contributed by atoms with E-state index >= 15 is 0 Å². The molecule has 0 aliphatic heterocycles.